The summed E-state index contributed by atoms with van der Waals surface area (Å²) in [5, 5.41) is 4.58. The zero-order chi connectivity index (χ0) is 12.3. The molecular weight excluding hydrogens is 214 g/mol. The second kappa shape index (κ2) is 4.99. The summed E-state index contributed by atoms with van der Waals surface area (Å²) in [6, 6.07) is 5.98. The van der Waals surface area contributed by atoms with Gasteiger partial charge in [-0.25, -0.2) is 9.67 Å². The van der Waals surface area contributed by atoms with Crippen LogP contribution < -0.4 is 4.74 Å². The van der Waals surface area contributed by atoms with Crippen LogP contribution >= 0.6 is 0 Å². The van der Waals surface area contributed by atoms with Gasteiger partial charge in [0.1, 0.15) is 0 Å². The fraction of sp³-hybridized carbons (Fsp3) is 0.385. The van der Waals surface area contributed by atoms with Crippen LogP contribution in [0.2, 0.25) is 0 Å². The first-order chi connectivity index (χ1) is 8.28. The van der Waals surface area contributed by atoms with E-state index in [0.717, 1.165) is 24.2 Å². The lowest BCUT2D eigenvalue weighted by Gasteiger charge is -2.06. The molecule has 0 amide bonds. The SMILES string of the molecule is CCc1cc(CC)n(-c2ccnc(OC)c2)n1. The number of hydrogen-bond acceptors (Lipinski definition) is 3. The molecule has 0 fully saturated rings. The van der Waals surface area contributed by atoms with E-state index >= 15 is 0 Å². The molecule has 4 heteroatoms. The second-order valence-electron chi connectivity index (χ2n) is 3.80. The van der Waals surface area contributed by atoms with Crippen molar-refractivity contribution in [2.75, 3.05) is 7.11 Å². The lowest BCUT2D eigenvalue weighted by Crippen LogP contribution is -2.02. The van der Waals surface area contributed by atoms with Crippen LogP contribution in [-0.4, -0.2) is 21.9 Å². The molecule has 2 aromatic heterocycles. The maximum atomic E-state index is 5.13. The molecule has 0 saturated heterocycles. The monoisotopic (exact) mass is 231 g/mol. The van der Waals surface area contributed by atoms with E-state index < -0.39 is 0 Å². The van der Waals surface area contributed by atoms with Gasteiger partial charge in [0.25, 0.3) is 0 Å². The summed E-state index contributed by atoms with van der Waals surface area (Å²) < 4.78 is 7.09. The normalized spacial score (nSPS) is 10.5. The number of methoxy groups -OCH3 is 1. The number of hydrogen-bond donors (Lipinski definition) is 0. The number of ether oxygens (including phenoxy) is 1. The van der Waals surface area contributed by atoms with Gasteiger partial charge in [0.2, 0.25) is 5.88 Å². The van der Waals surface area contributed by atoms with Gasteiger partial charge in [0.05, 0.1) is 18.5 Å². The second-order valence-corrected chi connectivity index (χ2v) is 3.80. The predicted molar refractivity (Wildman–Crippen MR) is 66.7 cm³/mol. The molecule has 4 nitrogen and oxygen atoms in total. The quantitative estimate of drug-likeness (QED) is 0.811. The van der Waals surface area contributed by atoms with E-state index in [0.29, 0.717) is 5.88 Å². The summed E-state index contributed by atoms with van der Waals surface area (Å²) in [6.07, 6.45) is 3.64. The van der Waals surface area contributed by atoms with Gasteiger partial charge in [0, 0.05) is 18.0 Å². The number of aromatic nitrogens is 3. The average molecular weight is 231 g/mol. The van der Waals surface area contributed by atoms with Crippen LogP contribution in [0.3, 0.4) is 0 Å². The summed E-state index contributed by atoms with van der Waals surface area (Å²) in [4.78, 5) is 4.10. The maximum Gasteiger partial charge on any atom is 0.215 e. The molecule has 0 saturated carbocycles. The third-order valence-corrected chi connectivity index (χ3v) is 2.73. The summed E-state index contributed by atoms with van der Waals surface area (Å²) >= 11 is 0. The minimum Gasteiger partial charge on any atom is -0.481 e. The summed E-state index contributed by atoms with van der Waals surface area (Å²) in [5.41, 5.74) is 3.31. The van der Waals surface area contributed by atoms with Crippen molar-refractivity contribution in [3.63, 3.8) is 0 Å². The first kappa shape index (κ1) is 11.6. The van der Waals surface area contributed by atoms with Crippen molar-refractivity contribution in [1.29, 1.82) is 0 Å². The molecule has 0 aliphatic heterocycles. The average Bonchev–Trinajstić information content (AvgIpc) is 2.82. The van der Waals surface area contributed by atoms with Crippen molar-refractivity contribution in [2.24, 2.45) is 0 Å². The first-order valence-electron chi connectivity index (χ1n) is 5.86. The maximum absolute atomic E-state index is 5.13. The van der Waals surface area contributed by atoms with Gasteiger partial charge in [-0.1, -0.05) is 13.8 Å². The number of pyridine rings is 1. The molecule has 0 aromatic carbocycles. The van der Waals surface area contributed by atoms with E-state index in [1.807, 2.05) is 16.8 Å². The predicted octanol–water partition coefficient (Wildman–Crippen LogP) is 2.40. The Bertz CT molecular complexity index is 505. The Morgan fingerprint density at radius 1 is 1.24 bits per heavy atom. The van der Waals surface area contributed by atoms with Gasteiger partial charge in [-0.05, 0) is 25.0 Å². The Kier molecular flexibility index (Phi) is 3.42. The smallest absolute Gasteiger partial charge is 0.215 e. The molecule has 0 radical (unpaired) electrons. The highest BCUT2D eigenvalue weighted by Gasteiger charge is 2.08. The molecule has 0 aliphatic carbocycles. The van der Waals surface area contributed by atoms with E-state index in [1.54, 1.807) is 13.3 Å². The lowest BCUT2D eigenvalue weighted by molar-refractivity contribution is 0.397. The molecule has 0 bridgehead atoms. The van der Waals surface area contributed by atoms with Crippen molar-refractivity contribution >= 4 is 0 Å². The van der Waals surface area contributed by atoms with Crippen molar-refractivity contribution in [3.8, 4) is 11.6 Å². The van der Waals surface area contributed by atoms with Crippen LogP contribution in [0.5, 0.6) is 5.88 Å². The fourth-order valence-corrected chi connectivity index (χ4v) is 1.77. The van der Waals surface area contributed by atoms with Gasteiger partial charge in [0.15, 0.2) is 0 Å². The molecule has 2 aromatic rings. The van der Waals surface area contributed by atoms with Crippen molar-refractivity contribution < 1.29 is 4.74 Å². The van der Waals surface area contributed by atoms with E-state index in [2.05, 4.69) is 30.0 Å². The van der Waals surface area contributed by atoms with E-state index in [1.165, 1.54) is 5.69 Å². The number of rotatable bonds is 4. The van der Waals surface area contributed by atoms with Gasteiger partial charge < -0.3 is 4.74 Å². The van der Waals surface area contributed by atoms with Crippen molar-refractivity contribution in [2.45, 2.75) is 26.7 Å². The highest BCUT2D eigenvalue weighted by atomic mass is 16.5. The molecule has 0 unspecified atom stereocenters. The molecule has 2 rings (SSSR count). The Morgan fingerprint density at radius 2 is 2.06 bits per heavy atom. The minimum absolute atomic E-state index is 0.609. The van der Waals surface area contributed by atoms with Gasteiger partial charge in [-0.15, -0.1) is 0 Å². The molecular formula is C13H17N3O. The molecule has 0 aliphatic rings. The van der Waals surface area contributed by atoms with Crippen LogP contribution in [0.15, 0.2) is 24.4 Å². The van der Waals surface area contributed by atoms with Crippen LogP contribution in [-0.2, 0) is 12.8 Å². The molecule has 2 heterocycles. The van der Waals surface area contributed by atoms with Crippen LogP contribution in [0.25, 0.3) is 5.69 Å². The molecule has 0 spiro atoms. The highest BCUT2D eigenvalue weighted by molar-refractivity contribution is 5.36. The van der Waals surface area contributed by atoms with Crippen LogP contribution in [0.4, 0.5) is 0 Å². The Morgan fingerprint density at radius 3 is 2.71 bits per heavy atom. The third-order valence-electron chi connectivity index (χ3n) is 2.73. The molecule has 0 N–H and O–H groups in total. The zero-order valence-electron chi connectivity index (χ0n) is 10.5. The third kappa shape index (κ3) is 2.30. The van der Waals surface area contributed by atoms with Gasteiger partial charge >= 0.3 is 0 Å². The van der Waals surface area contributed by atoms with Gasteiger partial charge in [-0.2, -0.15) is 5.10 Å². The zero-order valence-corrected chi connectivity index (χ0v) is 10.5. The first-order valence-corrected chi connectivity index (χ1v) is 5.86. The fourth-order valence-electron chi connectivity index (χ4n) is 1.77. The minimum atomic E-state index is 0.609. The van der Waals surface area contributed by atoms with Gasteiger partial charge in [-0.3, -0.25) is 0 Å². The summed E-state index contributed by atoms with van der Waals surface area (Å²) in [7, 11) is 1.62. The Labute approximate surface area is 101 Å². The van der Waals surface area contributed by atoms with Crippen molar-refractivity contribution in [3.05, 3.63) is 35.8 Å². The number of nitrogens with zero attached hydrogens (tertiary/aromatic N) is 3. The Balaban J connectivity index is 2.47. The number of aryl methyl sites for hydroxylation is 2. The topological polar surface area (TPSA) is 39.9 Å². The summed E-state index contributed by atoms with van der Waals surface area (Å²) in [5.74, 6) is 0.609. The molecule has 0 atom stereocenters. The van der Waals surface area contributed by atoms with Crippen LogP contribution in [0, 0.1) is 0 Å². The van der Waals surface area contributed by atoms with E-state index in [9.17, 15) is 0 Å². The molecule has 17 heavy (non-hydrogen) atoms. The van der Waals surface area contributed by atoms with Crippen molar-refractivity contribution in [1.82, 2.24) is 14.8 Å². The summed E-state index contributed by atoms with van der Waals surface area (Å²) in [6.45, 7) is 4.24. The van der Waals surface area contributed by atoms with Crippen LogP contribution in [0.1, 0.15) is 25.2 Å². The largest absolute Gasteiger partial charge is 0.481 e. The Hall–Kier alpha value is -1.84. The lowest BCUT2D eigenvalue weighted by atomic mass is 10.2. The van der Waals surface area contributed by atoms with E-state index in [-0.39, 0.29) is 0 Å². The highest BCUT2D eigenvalue weighted by Crippen LogP contribution is 2.16. The van der Waals surface area contributed by atoms with E-state index in [4.69, 9.17) is 4.74 Å². The molecule has 90 valence electrons. The standard InChI is InChI=1S/C13H17N3O/c1-4-10-8-11(5-2)16(15-10)12-6-7-14-13(9-12)17-3/h6-9H,4-5H2,1-3H3.